The molecule has 0 saturated heterocycles. The highest BCUT2D eigenvalue weighted by molar-refractivity contribution is 6.99. The van der Waals surface area contributed by atoms with Crippen LogP contribution in [0.15, 0.2) is 72.8 Å². The maximum atomic E-state index is 11.9. The Balaban J connectivity index is 2.51. The Bertz CT molecular complexity index is 949. The van der Waals surface area contributed by atoms with Gasteiger partial charge in [-0.05, 0) is 39.5 Å². The van der Waals surface area contributed by atoms with Crippen molar-refractivity contribution >= 4 is 33.0 Å². The average Bonchev–Trinajstić information content (AvgIpc) is 2.93. The Morgan fingerprint density at radius 2 is 1.34 bits per heavy atom. The monoisotopic (exact) mass is 554 g/mol. The van der Waals surface area contributed by atoms with Gasteiger partial charge in [0.2, 0.25) is 0 Å². The molecule has 0 aliphatic heterocycles. The number of hydrogen-bond donors (Lipinski definition) is 0. The summed E-state index contributed by atoms with van der Waals surface area (Å²) in [7, 11) is -3.15. The lowest BCUT2D eigenvalue weighted by atomic mass is 9.94. The zero-order valence-corrected chi connectivity index (χ0v) is 27.1. The second-order valence-electron chi connectivity index (χ2n) is 11.5. The fourth-order valence-electron chi connectivity index (χ4n) is 5.55. The molecule has 0 aliphatic carbocycles. The van der Waals surface area contributed by atoms with Crippen LogP contribution < -0.4 is 10.4 Å². The summed E-state index contributed by atoms with van der Waals surface area (Å²) in [5.41, 5.74) is 0. The van der Waals surface area contributed by atoms with Crippen LogP contribution in [0.25, 0.3) is 0 Å². The van der Waals surface area contributed by atoms with Crippen molar-refractivity contribution in [2.24, 2.45) is 11.8 Å². The van der Waals surface area contributed by atoms with E-state index in [-0.39, 0.29) is 28.9 Å². The first-order chi connectivity index (χ1) is 18.0. The van der Waals surface area contributed by atoms with Gasteiger partial charge in [-0.2, -0.15) is 0 Å². The molecular formula is C32H50O4Si2. The van der Waals surface area contributed by atoms with Crippen LogP contribution in [-0.4, -0.2) is 42.4 Å². The summed E-state index contributed by atoms with van der Waals surface area (Å²) in [5.74, 6) is -0.161. The van der Waals surface area contributed by atoms with E-state index in [0.29, 0.717) is 6.61 Å². The fourth-order valence-corrected chi connectivity index (χ4v) is 13.2. The minimum absolute atomic E-state index is 0.0448. The SMILES string of the molecule is CC[Si](CC)(CC)O[C@@H]([C@H](C)/C=C/C(=O)OC)[C@@H](C)CO[Si](c1ccccc1)(c1ccccc1)C(C)(C)C. The van der Waals surface area contributed by atoms with E-state index >= 15 is 0 Å². The summed E-state index contributed by atoms with van der Waals surface area (Å²) in [4.78, 5) is 11.9. The molecule has 0 aromatic heterocycles. The highest BCUT2D eigenvalue weighted by Crippen LogP contribution is 2.38. The lowest BCUT2D eigenvalue weighted by molar-refractivity contribution is -0.134. The van der Waals surface area contributed by atoms with Crippen molar-refractivity contribution in [3.8, 4) is 0 Å². The number of methoxy groups -OCH3 is 1. The molecule has 2 aromatic carbocycles. The summed E-state index contributed by atoms with van der Waals surface area (Å²) in [6.07, 6.45) is 3.42. The molecule has 0 heterocycles. The van der Waals surface area contributed by atoms with Gasteiger partial charge in [0, 0.05) is 18.6 Å². The largest absolute Gasteiger partial charge is 0.466 e. The number of ether oxygens (including phenoxy) is 1. The molecule has 0 unspecified atom stereocenters. The molecule has 0 amide bonds. The Kier molecular flexibility index (Phi) is 12.2. The van der Waals surface area contributed by atoms with Crippen LogP contribution in [0.3, 0.4) is 0 Å². The van der Waals surface area contributed by atoms with E-state index in [1.807, 2.05) is 6.08 Å². The molecular weight excluding hydrogens is 505 g/mol. The maximum absolute atomic E-state index is 11.9. The van der Waals surface area contributed by atoms with Gasteiger partial charge in [-0.1, -0.05) is 122 Å². The van der Waals surface area contributed by atoms with Crippen molar-refractivity contribution in [3.63, 3.8) is 0 Å². The van der Waals surface area contributed by atoms with Crippen LogP contribution in [0.5, 0.6) is 0 Å². The van der Waals surface area contributed by atoms with Crippen LogP contribution in [-0.2, 0) is 18.4 Å². The van der Waals surface area contributed by atoms with Crippen molar-refractivity contribution in [2.45, 2.75) is 84.7 Å². The number of hydrogen-bond acceptors (Lipinski definition) is 4. The third kappa shape index (κ3) is 7.56. The standard InChI is InChI=1S/C32H50O4Si2/c1-10-37(11-2,12-3)36-31(26(4)23-24-30(33)34-9)27(5)25-35-38(32(6,7)8,28-19-15-13-16-20-28)29-21-17-14-18-22-29/h13-24,26-27,31H,10-12,25H2,1-9H3/b24-23+/t26-,27+,31+/m1/s1. The van der Waals surface area contributed by atoms with Crippen molar-refractivity contribution in [1.29, 1.82) is 0 Å². The van der Waals surface area contributed by atoms with Gasteiger partial charge in [-0.25, -0.2) is 4.79 Å². The number of esters is 1. The molecule has 0 radical (unpaired) electrons. The molecule has 2 rings (SSSR count). The predicted molar refractivity (Wildman–Crippen MR) is 165 cm³/mol. The molecule has 6 heteroatoms. The second kappa shape index (κ2) is 14.4. The van der Waals surface area contributed by atoms with Crippen molar-refractivity contribution in [2.75, 3.05) is 13.7 Å². The minimum Gasteiger partial charge on any atom is -0.466 e. The first-order valence-electron chi connectivity index (χ1n) is 14.2. The van der Waals surface area contributed by atoms with Gasteiger partial charge in [-0.15, -0.1) is 0 Å². The molecule has 0 N–H and O–H groups in total. The van der Waals surface area contributed by atoms with Crippen molar-refractivity contribution < 1.29 is 18.4 Å². The Hall–Kier alpha value is -2.00. The third-order valence-corrected chi connectivity index (χ3v) is 17.8. The summed E-state index contributed by atoms with van der Waals surface area (Å²) in [6.45, 7) is 18.7. The minimum atomic E-state index is -2.65. The van der Waals surface area contributed by atoms with Crippen LogP contribution in [0.2, 0.25) is 23.2 Å². The van der Waals surface area contributed by atoms with Crippen molar-refractivity contribution in [3.05, 3.63) is 72.8 Å². The van der Waals surface area contributed by atoms with Gasteiger partial charge in [0.25, 0.3) is 8.32 Å². The van der Waals surface area contributed by atoms with Crippen LogP contribution >= 0.6 is 0 Å². The molecule has 0 bridgehead atoms. The Labute approximate surface area is 234 Å². The van der Waals surface area contributed by atoms with E-state index in [4.69, 9.17) is 13.6 Å². The molecule has 2 aromatic rings. The lowest BCUT2D eigenvalue weighted by Gasteiger charge is -2.45. The lowest BCUT2D eigenvalue weighted by Crippen LogP contribution is -2.67. The van der Waals surface area contributed by atoms with Gasteiger partial charge in [0.1, 0.15) is 0 Å². The first-order valence-corrected chi connectivity index (χ1v) is 18.6. The molecule has 38 heavy (non-hydrogen) atoms. The fraction of sp³-hybridized carbons (Fsp3) is 0.531. The van der Waals surface area contributed by atoms with Gasteiger partial charge >= 0.3 is 5.97 Å². The molecule has 0 fully saturated rings. The number of benzene rings is 2. The quantitative estimate of drug-likeness (QED) is 0.144. The van der Waals surface area contributed by atoms with Gasteiger partial charge < -0.3 is 13.6 Å². The molecule has 0 spiro atoms. The normalized spacial score (nSPS) is 15.3. The number of carbonyl (C=O) groups excluding carboxylic acids is 1. The highest BCUT2D eigenvalue weighted by atomic mass is 28.4. The zero-order valence-electron chi connectivity index (χ0n) is 25.1. The van der Waals surface area contributed by atoms with E-state index in [9.17, 15) is 4.79 Å². The Morgan fingerprint density at radius 1 is 0.868 bits per heavy atom. The second-order valence-corrected chi connectivity index (χ2v) is 20.5. The van der Waals surface area contributed by atoms with Crippen molar-refractivity contribution in [1.82, 2.24) is 0 Å². The smallest absolute Gasteiger partial charge is 0.330 e. The van der Waals surface area contributed by atoms with Gasteiger partial charge in [-0.3, -0.25) is 0 Å². The third-order valence-electron chi connectivity index (χ3n) is 8.11. The summed E-state index contributed by atoms with van der Waals surface area (Å²) in [5, 5.41) is 2.47. The van der Waals surface area contributed by atoms with Crippen LogP contribution in [0.4, 0.5) is 0 Å². The van der Waals surface area contributed by atoms with E-state index in [2.05, 4.69) is 116 Å². The van der Waals surface area contributed by atoms with Gasteiger partial charge in [0.15, 0.2) is 8.32 Å². The van der Waals surface area contributed by atoms with E-state index < -0.39 is 16.6 Å². The van der Waals surface area contributed by atoms with E-state index in [1.54, 1.807) is 0 Å². The molecule has 4 nitrogen and oxygen atoms in total. The maximum Gasteiger partial charge on any atom is 0.330 e. The number of rotatable bonds is 14. The topological polar surface area (TPSA) is 44.8 Å². The summed E-state index contributed by atoms with van der Waals surface area (Å²) < 4.78 is 19.2. The molecule has 0 saturated carbocycles. The number of carbonyl (C=O) groups is 1. The Morgan fingerprint density at radius 3 is 1.74 bits per heavy atom. The predicted octanol–water partition coefficient (Wildman–Crippen LogP) is 6.95. The van der Waals surface area contributed by atoms with Crippen LogP contribution in [0, 0.1) is 11.8 Å². The van der Waals surface area contributed by atoms with Gasteiger partial charge in [0.05, 0.1) is 13.2 Å². The van der Waals surface area contributed by atoms with E-state index in [1.165, 1.54) is 23.6 Å². The molecule has 3 atom stereocenters. The molecule has 210 valence electrons. The van der Waals surface area contributed by atoms with E-state index in [0.717, 1.165) is 18.1 Å². The molecule has 0 aliphatic rings. The summed E-state index contributed by atoms with van der Waals surface area (Å²) >= 11 is 0. The zero-order chi connectivity index (χ0) is 28.4. The summed E-state index contributed by atoms with van der Waals surface area (Å²) in [6, 6.07) is 24.8. The highest BCUT2D eigenvalue weighted by Gasteiger charge is 2.50. The van der Waals surface area contributed by atoms with Crippen LogP contribution in [0.1, 0.15) is 55.4 Å². The average molecular weight is 555 g/mol. The first kappa shape index (κ1) is 32.2.